The molecule has 3 heterocycles. The van der Waals surface area contributed by atoms with Gasteiger partial charge in [-0.2, -0.15) is 10.5 Å². The SMILES string of the molecule is CCC(/C=C\C=C\c1ccc2oc3ccc(-n4c5c(c6ccc(C#N)cc64)C(C)CC(C#N)=C5)cc3c2c1)n1c2ccccc2c2ccccc21. The lowest BCUT2D eigenvalue weighted by molar-refractivity contribution is 0.622. The fraction of sp³-hybridized carbons (Fsp3) is 0.130. The minimum absolute atomic E-state index is 0.188. The van der Waals surface area contributed by atoms with Gasteiger partial charge in [0.1, 0.15) is 11.2 Å². The number of allylic oxidation sites excluding steroid dienone is 4. The molecule has 2 atom stereocenters. The van der Waals surface area contributed by atoms with E-state index >= 15 is 0 Å². The number of para-hydroxylation sites is 2. The molecule has 0 aliphatic heterocycles. The minimum Gasteiger partial charge on any atom is -0.456 e. The summed E-state index contributed by atoms with van der Waals surface area (Å²) in [6, 6.07) is 40.7. The van der Waals surface area contributed by atoms with Gasteiger partial charge in [-0.1, -0.05) is 86.7 Å². The van der Waals surface area contributed by atoms with Crippen molar-refractivity contribution in [3.63, 3.8) is 0 Å². The molecule has 5 heteroatoms. The van der Waals surface area contributed by atoms with Crippen molar-refractivity contribution in [2.45, 2.75) is 38.6 Å². The summed E-state index contributed by atoms with van der Waals surface area (Å²) in [5, 5.41) is 25.4. The van der Waals surface area contributed by atoms with E-state index in [0.29, 0.717) is 12.0 Å². The molecule has 1 aliphatic rings. The van der Waals surface area contributed by atoms with Crippen molar-refractivity contribution in [2.24, 2.45) is 0 Å². The Balaban J connectivity index is 1.09. The first-order chi connectivity index (χ1) is 25.1. The van der Waals surface area contributed by atoms with Crippen LogP contribution in [0.1, 0.15) is 61.0 Å². The first-order valence-corrected chi connectivity index (χ1v) is 17.5. The molecule has 1 aliphatic carbocycles. The van der Waals surface area contributed by atoms with Gasteiger partial charge in [-0.3, -0.25) is 0 Å². The molecule has 51 heavy (non-hydrogen) atoms. The molecule has 0 fully saturated rings. The van der Waals surface area contributed by atoms with Crippen LogP contribution in [-0.2, 0) is 0 Å². The molecule has 8 aromatic rings. The molecule has 9 rings (SSSR count). The second kappa shape index (κ2) is 12.1. The van der Waals surface area contributed by atoms with Crippen LogP contribution in [0.15, 0.2) is 131 Å². The highest BCUT2D eigenvalue weighted by Gasteiger charge is 2.26. The van der Waals surface area contributed by atoms with E-state index in [0.717, 1.165) is 61.8 Å². The average Bonchev–Trinajstić information content (AvgIpc) is 3.82. The lowest BCUT2D eigenvalue weighted by Crippen LogP contribution is -2.06. The van der Waals surface area contributed by atoms with Gasteiger partial charge in [0.05, 0.1) is 35.0 Å². The summed E-state index contributed by atoms with van der Waals surface area (Å²) >= 11 is 0. The predicted molar refractivity (Wildman–Crippen MR) is 209 cm³/mol. The van der Waals surface area contributed by atoms with Crippen molar-refractivity contribution in [3.8, 4) is 17.8 Å². The Kier molecular flexibility index (Phi) is 7.23. The van der Waals surface area contributed by atoms with Gasteiger partial charge in [-0.15, -0.1) is 0 Å². The third-order valence-corrected chi connectivity index (χ3v) is 10.5. The average molecular weight is 659 g/mol. The first-order valence-electron chi connectivity index (χ1n) is 17.5. The zero-order chi connectivity index (χ0) is 34.6. The fourth-order valence-corrected chi connectivity index (χ4v) is 8.17. The zero-order valence-corrected chi connectivity index (χ0v) is 28.5. The molecule has 0 N–H and O–H groups in total. The van der Waals surface area contributed by atoms with Crippen LogP contribution >= 0.6 is 0 Å². The summed E-state index contributed by atoms with van der Waals surface area (Å²) in [6.07, 6.45) is 12.4. The molecule has 0 saturated heterocycles. The summed E-state index contributed by atoms with van der Waals surface area (Å²) < 4.78 is 11.0. The molecule has 0 saturated carbocycles. The number of benzene rings is 5. The van der Waals surface area contributed by atoms with Gasteiger partial charge in [-0.05, 0) is 90.6 Å². The van der Waals surface area contributed by atoms with E-state index in [-0.39, 0.29) is 12.0 Å². The van der Waals surface area contributed by atoms with Crippen LogP contribution in [0, 0.1) is 22.7 Å². The molecule has 244 valence electrons. The van der Waals surface area contributed by atoms with Crippen LogP contribution in [0.5, 0.6) is 0 Å². The smallest absolute Gasteiger partial charge is 0.135 e. The number of hydrogen-bond acceptors (Lipinski definition) is 3. The van der Waals surface area contributed by atoms with Gasteiger partial charge in [0.25, 0.3) is 0 Å². The fourth-order valence-electron chi connectivity index (χ4n) is 8.17. The van der Waals surface area contributed by atoms with Crippen LogP contribution in [0.25, 0.3) is 72.5 Å². The zero-order valence-electron chi connectivity index (χ0n) is 28.5. The van der Waals surface area contributed by atoms with Gasteiger partial charge >= 0.3 is 0 Å². The Morgan fingerprint density at radius 3 is 2.22 bits per heavy atom. The molecule has 0 radical (unpaired) electrons. The maximum Gasteiger partial charge on any atom is 0.135 e. The van der Waals surface area contributed by atoms with Crippen molar-refractivity contribution >= 4 is 66.8 Å². The van der Waals surface area contributed by atoms with E-state index in [1.165, 1.54) is 27.4 Å². The normalized spacial score (nSPS) is 15.3. The highest BCUT2D eigenvalue weighted by Crippen LogP contribution is 2.43. The molecule has 2 unspecified atom stereocenters. The van der Waals surface area contributed by atoms with Gasteiger partial charge in [0.15, 0.2) is 0 Å². The van der Waals surface area contributed by atoms with Crippen LogP contribution < -0.4 is 0 Å². The molecule has 5 aromatic carbocycles. The maximum absolute atomic E-state index is 9.85. The van der Waals surface area contributed by atoms with E-state index < -0.39 is 0 Å². The predicted octanol–water partition coefficient (Wildman–Crippen LogP) is 12.1. The highest BCUT2D eigenvalue weighted by atomic mass is 16.3. The number of nitriles is 2. The number of rotatable bonds is 6. The summed E-state index contributed by atoms with van der Waals surface area (Å²) in [4.78, 5) is 0. The largest absolute Gasteiger partial charge is 0.456 e. The molecular weight excluding hydrogens is 625 g/mol. The van der Waals surface area contributed by atoms with E-state index in [1.54, 1.807) is 0 Å². The van der Waals surface area contributed by atoms with Crippen molar-refractivity contribution in [1.29, 1.82) is 10.5 Å². The third-order valence-electron chi connectivity index (χ3n) is 10.5. The van der Waals surface area contributed by atoms with Crippen molar-refractivity contribution in [1.82, 2.24) is 9.13 Å². The molecule has 5 nitrogen and oxygen atoms in total. The molecular formula is C46H34N4O. The van der Waals surface area contributed by atoms with Crippen LogP contribution in [-0.4, -0.2) is 9.13 Å². The minimum atomic E-state index is 0.188. The summed E-state index contributed by atoms with van der Waals surface area (Å²) in [5.74, 6) is 0.188. The highest BCUT2D eigenvalue weighted by molar-refractivity contribution is 6.08. The van der Waals surface area contributed by atoms with Gasteiger partial charge in [0.2, 0.25) is 0 Å². The number of hydrogen-bond donors (Lipinski definition) is 0. The van der Waals surface area contributed by atoms with Gasteiger partial charge in [0, 0.05) is 49.2 Å². The van der Waals surface area contributed by atoms with E-state index in [2.05, 4.69) is 138 Å². The molecule has 0 bridgehead atoms. The van der Waals surface area contributed by atoms with E-state index in [4.69, 9.17) is 4.42 Å². The Labute approximate surface area is 295 Å². The van der Waals surface area contributed by atoms with Crippen LogP contribution in [0.4, 0.5) is 0 Å². The van der Waals surface area contributed by atoms with Gasteiger partial charge in [-0.25, -0.2) is 0 Å². The lowest BCUT2D eigenvalue weighted by atomic mass is 9.86. The molecule has 3 aromatic heterocycles. The van der Waals surface area contributed by atoms with Crippen molar-refractivity contribution in [3.05, 3.63) is 149 Å². The second-order valence-electron chi connectivity index (χ2n) is 13.5. The standard InChI is InChI=1S/C46H34N4O/c1-3-33(49-40-14-8-6-12-35(40)36-13-7-9-15-41(36)49)11-5-4-10-30-17-20-44-38(23-30)39-26-34(18-21-45(39)51-44)50-42-24-31(27-47)16-19-37(42)46-29(2)22-32(28-48)25-43(46)50/h4-21,23-26,29,33H,3,22H2,1-2H3/b10-4+,11-5-. The van der Waals surface area contributed by atoms with E-state index in [1.807, 2.05) is 30.3 Å². The Morgan fingerprint density at radius 1 is 0.765 bits per heavy atom. The quantitative estimate of drug-likeness (QED) is 0.167. The van der Waals surface area contributed by atoms with Crippen molar-refractivity contribution < 1.29 is 4.42 Å². The Hall–Kier alpha value is -6.56. The Morgan fingerprint density at radius 2 is 1.49 bits per heavy atom. The van der Waals surface area contributed by atoms with Gasteiger partial charge < -0.3 is 13.6 Å². The number of nitrogens with zero attached hydrogens (tertiary/aromatic N) is 4. The summed E-state index contributed by atoms with van der Waals surface area (Å²) in [7, 11) is 0. The number of aromatic nitrogens is 2. The second-order valence-corrected chi connectivity index (χ2v) is 13.5. The maximum atomic E-state index is 9.85. The van der Waals surface area contributed by atoms with Crippen molar-refractivity contribution in [2.75, 3.05) is 0 Å². The van der Waals surface area contributed by atoms with E-state index in [9.17, 15) is 10.5 Å². The first kappa shape index (κ1) is 30.5. The molecule has 0 amide bonds. The van der Waals surface area contributed by atoms with Crippen LogP contribution in [0.3, 0.4) is 0 Å². The summed E-state index contributed by atoms with van der Waals surface area (Å²) in [6.45, 7) is 4.41. The molecule has 0 spiro atoms. The Bertz CT molecular complexity index is 2820. The third kappa shape index (κ3) is 4.90. The lowest BCUT2D eigenvalue weighted by Gasteiger charge is -2.19. The summed E-state index contributed by atoms with van der Waals surface area (Å²) in [5.41, 5.74) is 10.8. The topological polar surface area (TPSA) is 70.6 Å². The number of fused-ring (bicyclic) bond motifs is 9. The number of furan rings is 1. The van der Waals surface area contributed by atoms with Crippen LogP contribution in [0.2, 0.25) is 0 Å². The monoisotopic (exact) mass is 658 g/mol.